The van der Waals surface area contributed by atoms with E-state index in [4.69, 9.17) is 39.4 Å². The summed E-state index contributed by atoms with van der Waals surface area (Å²) in [6.07, 6.45) is -1.01. The van der Waals surface area contributed by atoms with Crippen molar-refractivity contribution < 1.29 is 19.1 Å². The van der Waals surface area contributed by atoms with Crippen LogP contribution in [0.2, 0.25) is 10.0 Å². The van der Waals surface area contributed by atoms with Gasteiger partial charge in [-0.25, -0.2) is 0 Å². The number of ether oxygens (including phenoxy) is 1. The monoisotopic (exact) mass is 333 g/mol. The minimum absolute atomic E-state index is 0.258. The third-order valence-corrected chi connectivity index (χ3v) is 3.17. The van der Waals surface area contributed by atoms with Gasteiger partial charge in [0.05, 0.1) is 10.0 Å². The fourth-order valence-corrected chi connectivity index (χ4v) is 1.64. The molecule has 5 N–H and O–H groups in total. The first-order valence-electron chi connectivity index (χ1n) is 5.73. The summed E-state index contributed by atoms with van der Waals surface area (Å²) in [6, 6.07) is 2.84. The topological polar surface area (TPSA) is 125 Å². The highest BCUT2D eigenvalue weighted by Crippen LogP contribution is 2.26. The Labute approximate surface area is 130 Å². The first-order chi connectivity index (χ1) is 9.72. The Morgan fingerprint density at radius 1 is 1.14 bits per heavy atom. The summed E-state index contributed by atoms with van der Waals surface area (Å²) in [7, 11) is 0. The molecule has 0 aliphatic rings. The number of carbonyl (C=O) groups is 3. The van der Waals surface area contributed by atoms with E-state index in [0.29, 0.717) is 10.8 Å². The Balaban J connectivity index is 2.72. The van der Waals surface area contributed by atoms with Crippen molar-refractivity contribution in [3.8, 4) is 5.75 Å². The summed E-state index contributed by atoms with van der Waals surface area (Å²) >= 11 is 11.6. The largest absolute Gasteiger partial charge is 0.481 e. The third kappa shape index (κ3) is 4.80. The second-order valence-corrected chi connectivity index (χ2v) is 4.90. The molecule has 0 heterocycles. The molecule has 1 aromatic rings. The van der Waals surface area contributed by atoms with Crippen LogP contribution in [0.5, 0.6) is 5.75 Å². The number of amides is 3. The molecule has 0 spiro atoms. The number of nitrogens with one attached hydrogen (secondary N) is 1. The number of carbonyl (C=O) groups excluding carboxylic acids is 3. The molecular formula is C12H13Cl2N3O4. The molecule has 0 aromatic heterocycles. The number of nitrogens with two attached hydrogens (primary N) is 2. The molecule has 0 radical (unpaired) electrons. The molecule has 0 fully saturated rings. The quantitative estimate of drug-likeness (QED) is 0.643. The summed E-state index contributed by atoms with van der Waals surface area (Å²) in [5.41, 5.74) is 9.90. The summed E-state index contributed by atoms with van der Waals surface area (Å²) in [5.74, 6) is -2.56. The van der Waals surface area contributed by atoms with Gasteiger partial charge >= 0.3 is 0 Å². The normalized spacial score (nSPS) is 11.8. The minimum Gasteiger partial charge on any atom is -0.481 e. The van der Waals surface area contributed by atoms with Crippen LogP contribution in [0.25, 0.3) is 0 Å². The molecule has 0 aliphatic heterocycles. The van der Waals surface area contributed by atoms with Crippen molar-refractivity contribution in [1.29, 1.82) is 0 Å². The Bertz CT molecular complexity index is 566. The molecule has 1 atom stereocenters. The average Bonchev–Trinajstić information content (AvgIpc) is 2.39. The second kappa shape index (κ2) is 7.14. The SMILES string of the molecule is C[C@@H](Oc1ccc(Cl)c(Cl)c1)C(=O)NC(C(N)=O)C(N)=O. The van der Waals surface area contributed by atoms with E-state index in [-0.39, 0.29) is 5.02 Å². The van der Waals surface area contributed by atoms with Gasteiger partial charge in [0.2, 0.25) is 11.8 Å². The number of rotatable bonds is 6. The Hall–Kier alpha value is -1.99. The molecule has 7 nitrogen and oxygen atoms in total. The van der Waals surface area contributed by atoms with Crippen LogP contribution in [0.1, 0.15) is 6.92 Å². The summed E-state index contributed by atoms with van der Waals surface area (Å²) in [6.45, 7) is 1.41. The van der Waals surface area contributed by atoms with Gasteiger partial charge in [0.15, 0.2) is 12.1 Å². The summed E-state index contributed by atoms with van der Waals surface area (Å²) in [4.78, 5) is 33.8. The van der Waals surface area contributed by atoms with Gasteiger partial charge in [0.25, 0.3) is 5.91 Å². The van der Waals surface area contributed by atoms with Crippen molar-refractivity contribution in [3.05, 3.63) is 28.2 Å². The van der Waals surface area contributed by atoms with E-state index >= 15 is 0 Å². The number of benzene rings is 1. The maximum absolute atomic E-state index is 11.8. The van der Waals surface area contributed by atoms with Gasteiger partial charge in [0, 0.05) is 6.07 Å². The van der Waals surface area contributed by atoms with Crippen molar-refractivity contribution in [3.63, 3.8) is 0 Å². The van der Waals surface area contributed by atoms with Crippen LogP contribution in [0.3, 0.4) is 0 Å². The number of halogens is 2. The van der Waals surface area contributed by atoms with E-state index in [1.54, 1.807) is 0 Å². The highest BCUT2D eigenvalue weighted by atomic mass is 35.5. The van der Waals surface area contributed by atoms with E-state index in [2.05, 4.69) is 5.32 Å². The van der Waals surface area contributed by atoms with Crippen molar-refractivity contribution in [2.75, 3.05) is 0 Å². The molecule has 9 heteroatoms. The van der Waals surface area contributed by atoms with Crippen LogP contribution in [-0.4, -0.2) is 29.9 Å². The molecule has 0 unspecified atom stereocenters. The lowest BCUT2D eigenvalue weighted by Crippen LogP contribution is -2.54. The number of primary amides is 2. The molecule has 0 saturated carbocycles. The van der Waals surface area contributed by atoms with Gasteiger partial charge in [-0.1, -0.05) is 23.2 Å². The summed E-state index contributed by atoms with van der Waals surface area (Å²) in [5, 5.41) is 2.68. The minimum atomic E-state index is -1.60. The molecule has 3 amide bonds. The number of hydrogen-bond donors (Lipinski definition) is 3. The smallest absolute Gasteiger partial charge is 0.261 e. The van der Waals surface area contributed by atoms with Crippen LogP contribution in [0.15, 0.2) is 18.2 Å². The van der Waals surface area contributed by atoms with Crippen molar-refractivity contribution in [1.82, 2.24) is 5.32 Å². The van der Waals surface area contributed by atoms with Crippen LogP contribution >= 0.6 is 23.2 Å². The third-order valence-electron chi connectivity index (χ3n) is 2.43. The molecule has 1 rings (SSSR count). The Morgan fingerprint density at radius 3 is 2.19 bits per heavy atom. The van der Waals surface area contributed by atoms with Gasteiger partial charge in [-0.05, 0) is 19.1 Å². The van der Waals surface area contributed by atoms with Gasteiger partial charge in [-0.15, -0.1) is 0 Å². The van der Waals surface area contributed by atoms with E-state index < -0.39 is 29.9 Å². The first kappa shape index (κ1) is 17.1. The van der Waals surface area contributed by atoms with Gasteiger partial charge in [0.1, 0.15) is 5.75 Å². The van der Waals surface area contributed by atoms with Crippen LogP contribution in [0.4, 0.5) is 0 Å². The lowest BCUT2D eigenvalue weighted by atomic mass is 10.2. The molecule has 0 aliphatic carbocycles. The standard InChI is InChI=1S/C12H13Cl2N3O4/c1-5(12(20)17-9(10(15)18)11(16)19)21-6-2-3-7(13)8(14)4-6/h2-5,9H,1H3,(H2,15,18)(H2,16,19)(H,17,20)/t5-/m1/s1. The Kier molecular flexibility index (Phi) is 5.80. The highest BCUT2D eigenvalue weighted by molar-refractivity contribution is 6.42. The fourth-order valence-electron chi connectivity index (χ4n) is 1.35. The van der Waals surface area contributed by atoms with E-state index in [0.717, 1.165) is 0 Å². The Morgan fingerprint density at radius 2 is 1.71 bits per heavy atom. The van der Waals surface area contributed by atoms with Crippen molar-refractivity contribution in [2.45, 2.75) is 19.1 Å². The highest BCUT2D eigenvalue weighted by Gasteiger charge is 2.26. The molecule has 0 bridgehead atoms. The van der Waals surface area contributed by atoms with E-state index in [1.165, 1.54) is 25.1 Å². The lowest BCUT2D eigenvalue weighted by Gasteiger charge is -2.17. The van der Waals surface area contributed by atoms with Crippen molar-refractivity contribution >= 4 is 40.9 Å². The molecule has 114 valence electrons. The van der Waals surface area contributed by atoms with E-state index in [9.17, 15) is 14.4 Å². The second-order valence-electron chi connectivity index (χ2n) is 4.08. The van der Waals surface area contributed by atoms with Gasteiger partial charge in [-0.2, -0.15) is 0 Å². The first-order valence-corrected chi connectivity index (χ1v) is 6.48. The maximum atomic E-state index is 11.8. The predicted octanol–water partition coefficient (Wildman–Crippen LogP) is 0.216. The van der Waals surface area contributed by atoms with Crippen molar-refractivity contribution in [2.24, 2.45) is 11.5 Å². The van der Waals surface area contributed by atoms with Crippen LogP contribution in [-0.2, 0) is 14.4 Å². The van der Waals surface area contributed by atoms with Gasteiger partial charge < -0.3 is 21.5 Å². The van der Waals surface area contributed by atoms with E-state index in [1.807, 2.05) is 0 Å². The molecule has 21 heavy (non-hydrogen) atoms. The predicted molar refractivity (Wildman–Crippen MR) is 76.9 cm³/mol. The fraction of sp³-hybridized carbons (Fsp3) is 0.250. The molecule has 1 aromatic carbocycles. The maximum Gasteiger partial charge on any atom is 0.261 e. The molecular weight excluding hydrogens is 321 g/mol. The zero-order chi connectivity index (χ0) is 16.2. The van der Waals surface area contributed by atoms with Crippen LogP contribution < -0.4 is 21.5 Å². The average molecular weight is 334 g/mol. The molecule has 0 saturated heterocycles. The zero-order valence-electron chi connectivity index (χ0n) is 10.9. The number of hydrogen-bond acceptors (Lipinski definition) is 4. The lowest BCUT2D eigenvalue weighted by molar-refractivity contribution is -0.136. The van der Waals surface area contributed by atoms with Crippen LogP contribution in [0, 0.1) is 0 Å². The van der Waals surface area contributed by atoms with Gasteiger partial charge in [-0.3, -0.25) is 14.4 Å². The zero-order valence-corrected chi connectivity index (χ0v) is 12.4. The summed E-state index contributed by atoms with van der Waals surface area (Å²) < 4.78 is 5.31.